The fraction of sp³-hybridized carbons (Fsp3) is 0.115. The Bertz CT molecular complexity index is 1650. The number of carbonyl (C=O) groups is 1. The monoisotopic (exact) mass is 539 g/mol. The van der Waals surface area contributed by atoms with E-state index in [-0.39, 0.29) is 22.0 Å². The summed E-state index contributed by atoms with van der Waals surface area (Å²) >= 11 is 6.13. The van der Waals surface area contributed by atoms with Crippen LogP contribution in [-0.4, -0.2) is 31.1 Å². The first-order chi connectivity index (χ1) is 17.6. The van der Waals surface area contributed by atoms with Gasteiger partial charge in [-0.2, -0.15) is 8.42 Å². The van der Waals surface area contributed by atoms with Gasteiger partial charge in [0.2, 0.25) is 0 Å². The van der Waals surface area contributed by atoms with Crippen LogP contribution >= 0.6 is 11.6 Å². The fourth-order valence-electron chi connectivity index (χ4n) is 3.78. The van der Waals surface area contributed by atoms with Crippen molar-refractivity contribution in [2.75, 3.05) is 12.4 Å². The van der Waals surface area contributed by atoms with Crippen LogP contribution in [0.4, 0.5) is 17.1 Å². The summed E-state index contributed by atoms with van der Waals surface area (Å²) in [5, 5.41) is 23.1. The van der Waals surface area contributed by atoms with Gasteiger partial charge >= 0.3 is 0 Å². The predicted molar refractivity (Wildman–Crippen MR) is 141 cm³/mol. The molecule has 0 heterocycles. The second-order valence-corrected chi connectivity index (χ2v) is 9.73. The molecule has 4 aromatic rings. The van der Waals surface area contributed by atoms with Gasteiger partial charge in [0.15, 0.2) is 5.75 Å². The Kier molecular flexibility index (Phi) is 7.44. The normalized spacial score (nSPS) is 11.7. The maximum atomic E-state index is 13.2. The number of phenolic OH excluding ortho intramolecular Hbond substituents is 1. The van der Waals surface area contributed by atoms with E-state index in [1.807, 2.05) is 6.92 Å². The van der Waals surface area contributed by atoms with Crippen LogP contribution in [-0.2, 0) is 16.5 Å². The number of nitrogens with zero attached hydrogens (tertiary/aromatic N) is 2. The minimum absolute atomic E-state index is 0.0578. The lowest BCUT2D eigenvalue weighted by molar-refractivity contribution is 0.102. The lowest BCUT2D eigenvalue weighted by Crippen LogP contribution is -2.13. The second kappa shape index (κ2) is 10.6. The number of anilines is 1. The van der Waals surface area contributed by atoms with Gasteiger partial charge in [-0.25, -0.2) is 0 Å². The first kappa shape index (κ1) is 26.1. The fourth-order valence-corrected chi connectivity index (χ4v) is 4.77. The highest BCUT2D eigenvalue weighted by Crippen LogP contribution is 2.41. The Balaban J connectivity index is 1.85. The molecule has 0 aliphatic rings. The molecule has 1 amide bonds. The van der Waals surface area contributed by atoms with E-state index in [2.05, 4.69) is 15.5 Å². The SMILES string of the molecule is CCc1cc(N=Nc2c(O)c(C(=O)Nc3ccccc3OC)cc3ccccc23)c(S(=O)(=O)O)cc1Cl. The van der Waals surface area contributed by atoms with Gasteiger partial charge in [0.25, 0.3) is 16.0 Å². The van der Waals surface area contributed by atoms with Gasteiger partial charge in [-0.3, -0.25) is 9.35 Å². The Morgan fingerprint density at radius 3 is 2.46 bits per heavy atom. The topological polar surface area (TPSA) is 138 Å². The number of hydrogen-bond donors (Lipinski definition) is 3. The van der Waals surface area contributed by atoms with Gasteiger partial charge < -0.3 is 15.2 Å². The van der Waals surface area contributed by atoms with Crippen LogP contribution in [0.2, 0.25) is 5.02 Å². The maximum absolute atomic E-state index is 13.2. The first-order valence-corrected chi connectivity index (χ1v) is 12.9. The number of fused-ring (bicyclic) bond motifs is 1. The molecule has 0 saturated heterocycles. The van der Waals surface area contributed by atoms with E-state index in [0.717, 1.165) is 6.07 Å². The van der Waals surface area contributed by atoms with Crippen molar-refractivity contribution in [2.24, 2.45) is 10.2 Å². The van der Waals surface area contributed by atoms with Crippen molar-refractivity contribution in [3.63, 3.8) is 0 Å². The van der Waals surface area contributed by atoms with Gasteiger partial charge in [0.05, 0.1) is 18.4 Å². The van der Waals surface area contributed by atoms with E-state index in [1.165, 1.54) is 19.2 Å². The third kappa shape index (κ3) is 5.41. The van der Waals surface area contributed by atoms with Crippen molar-refractivity contribution in [1.82, 2.24) is 0 Å². The number of hydrogen-bond acceptors (Lipinski definition) is 7. The average Bonchev–Trinajstić information content (AvgIpc) is 2.88. The molecule has 4 aromatic carbocycles. The summed E-state index contributed by atoms with van der Waals surface area (Å²) in [4.78, 5) is 12.6. The molecule has 0 unspecified atom stereocenters. The summed E-state index contributed by atoms with van der Waals surface area (Å²) in [6.45, 7) is 1.82. The van der Waals surface area contributed by atoms with Crippen LogP contribution in [0.1, 0.15) is 22.8 Å². The van der Waals surface area contributed by atoms with Crippen LogP contribution in [0.25, 0.3) is 10.8 Å². The Hall–Kier alpha value is -3.99. The number of halogens is 1. The second-order valence-electron chi connectivity index (χ2n) is 7.94. The Morgan fingerprint density at radius 1 is 1.05 bits per heavy atom. The summed E-state index contributed by atoms with van der Waals surface area (Å²) in [6, 6.07) is 17.7. The number of phenols is 1. The van der Waals surface area contributed by atoms with Crippen LogP contribution in [0.3, 0.4) is 0 Å². The highest BCUT2D eigenvalue weighted by molar-refractivity contribution is 7.86. The number of aromatic hydroxyl groups is 1. The van der Waals surface area contributed by atoms with E-state index >= 15 is 0 Å². The number of rotatable bonds is 7. The molecule has 4 rings (SSSR count). The number of methoxy groups -OCH3 is 1. The number of aryl methyl sites for hydroxylation is 1. The third-order valence-electron chi connectivity index (χ3n) is 5.64. The van der Waals surface area contributed by atoms with E-state index in [1.54, 1.807) is 48.5 Å². The zero-order chi connectivity index (χ0) is 26.7. The Morgan fingerprint density at radius 2 is 1.76 bits per heavy atom. The van der Waals surface area contributed by atoms with E-state index < -0.39 is 26.7 Å². The molecule has 9 nitrogen and oxygen atoms in total. The highest BCUT2D eigenvalue weighted by atomic mass is 35.5. The molecule has 0 saturated carbocycles. The summed E-state index contributed by atoms with van der Waals surface area (Å²) < 4.78 is 38.8. The lowest BCUT2D eigenvalue weighted by atomic mass is 10.0. The molecule has 11 heteroatoms. The number of para-hydroxylation sites is 2. The molecule has 0 aliphatic carbocycles. The summed E-state index contributed by atoms with van der Waals surface area (Å²) in [5.74, 6) is -0.654. The average molecular weight is 540 g/mol. The van der Waals surface area contributed by atoms with E-state index in [4.69, 9.17) is 16.3 Å². The van der Waals surface area contributed by atoms with Gasteiger partial charge in [0, 0.05) is 10.4 Å². The standard InChI is InChI=1S/C26H22ClN3O6S/c1-3-15-13-21(23(14-19(15)27)37(33,34)35)29-30-24-17-9-5-4-8-16(17)12-18(25(24)31)26(32)28-20-10-6-7-11-22(20)36-2/h4-14,31H,3H2,1-2H3,(H,28,32)(H,33,34,35). The zero-order valence-electron chi connectivity index (χ0n) is 19.8. The minimum atomic E-state index is -4.68. The van der Waals surface area contributed by atoms with Crippen LogP contribution in [0.5, 0.6) is 11.5 Å². The van der Waals surface area contributed by atoms with Crippen molar-refractivity contribution >= 4 is 55.5 Å². The molecule has 190 valence electrons. The van der Waals surface area contributed by atoms with Crippen molar-refractivity contribution in [3.8, 4) is 11.5 Å². The van der Waals surface area contributed by atoms with Crippen molar-refractivity contribution in [2.45, 2.75) is 18.2 Å². The minimum Gasteiger partial charge on any atom is -0.505 e. The molecule has 0 atom stereocenters. The third-order valence-corrected chi connectivity index (χ3v) is 6.87. The van der Waals surface area contributed by atoms with Gasteiger partial charge in [0.1, 0.15) is 22.0 Å². The molecule has 0 bridgehead atoms. The molecular weight excluding hydrogens is 518 g/mol. The van der Waals surface area contributed by atoms with Crippen LogP contribution in [0, 0.1) is 0 Å². The quantitative estimate of drug-likeness (QED) is 0.177. The van der Waals surface area contributed by atoms with Crippen LogP contribution in [0.15, 0.2) is 81.9 Å². The number of benzene rings is 4. The largest absolute Gasteiger partial charge is 0.505 e. The van der Waals surface area contributed by atoms with Crippen molar-refractivity contribution in [3.05, 3.63) is 82.9 Å². The van der Waals surface area contributed by atoms with Gasteiger partial charge in [-0.1, -0.05) is 54.9 Å². The summed E-state index contributed by atoms with van der Waals surface area (Å²) in [5.41, 5.74) is 0.673. The van der Waals surface area contributed by atoms with Crippen molar-refractivity contribution < 1.29 is 27.6 Å². The summed E-state index contributed by atoms with van der Waals surface area (Å²) in [6.07, 6.45) is 0.472. The number of azo groups is 1. The molecule has 0 aromatic heterocycles. The summed E-state index contributed by atoms with van der Waals surface area (Å²) in [7, 11) is -3.21. The molecular formula is C26H22ClN3O6S. The van der Waals surface area contributed by atoms with Gasteiger partial charge in [-0.15, -0.1) is 10.2 Å². The number of carbonyl (C=O) groups excluding carboxylic acids is 1. The van der Waals surface area contributed by atoms with E-state index in [9.17, 15) is 22.9 Å². The molecule has 37 heavy (non-hydrogen) atoms. The van der Waals surface area contributed by atoms with E-state index in [0.29, 0.717) is 34.2 Å². The number of nitrogens with one attached hydrogen (secondary N) is 1. The lowest BCUT2D eigenvalue weighted by Gasteiger charge is -2.13. The molecule has 0 spiro atoms. The van der Waals surface area contributed by atoms with Crippen LogP contribution < -0.4 is 10.1 Å². The smallest absolute Gasteiger partial charge is 0.296 e. The van der Waals surface area contributed by atoms with Crippen molar-refractivity contribution in [1.29, 1.82) is 0 Å². The molecule has 0 radical (unpaired) electrons. The molecule has 0 aliphatic heterocycles. The van der Waals surface area contributed by atoms with Gasteiger partial charge in [-0.05, 0) is 47.7 Å². The first-order valence-electron chi connectivity index (χ1n) is 11.0. The zero-order valence-corrected chi connectivity index (χ0v) is 21.3. The predicted octanol–water partition coefficient (Wildman–Crippen LogP) is 6.68. The molecule has 0 fully saturated rings. The maximum Gasteiger partial charge on any atom is 0.296 e. The number of ether oxygens (including phenoxy) is 1. The number of amides is 1. The highest BCUT2D eigenvalue weighted by Gasteiger charge is 2.21. The Labute approximate surface area is 218 Å². The molecule has 3 N–H and O–H groups in total.